The van der Waals surface area contributed by atoms with Crippen LogP contribution in [0.5, 0.6) is 0 Å². The molecule has 12 heavy (non-hydrogen) atoms. The molecule has 0 amide bonds. The van der Waals surface area contributed by atoms with Gasteiger partial charge in [-0.05, 0) is 12.8 Å². The SMILES string of the molecule is CC(=O)OS1(CN)CCCCC1. The molecular weight excluding hydrogens is 174 g/mol. The van der Waals surface area contributed by atoms with Gasteiger partial charge >= 0.3 is 5.97 Å². The van der Waals surface area contributed by atoms with Gasteiger partial charge in [0.15, 0.2) is 0 Å². The second-order valence-corrected chi connectivity index (χ2v) is 6.42. The van der Waals surface area contributed by atoms with E-state index in [-0.39, 0.29) is 5.97 Å². The summed E-state index contributed by atoms with van der Waals surface area (Å²) in [6, 6.07) is 0. The van der Waals surface area contributed by atoms with Crippen LogP contribution < -0.4 is 5.73 Å². The molecule has 0 atom stereocenters. The lowest BCUT2D eigenvalue weighted by Crippen LogP contribution is -2.26. The maximum Gasteiger partial charge on any atom is 0.313 e. The van der Waals surface area contributed by atoms with Crippen molar-refractivity contribution in [1.82, 2.24) is 0 Å². The zero-order chi connectivity index (χ0) is 9.03. The first-order valence-corrected chi connectivity index (χ1v) is 6.41. The van der Waals surface area contributed by atoms with Gasteiger partial charge in [0.25, 0.3) is 0 Å². The third kappa shape index (κ3) is 2.38. The Morgan fingerprint density at radius 3 is 2.42 bits per heavy atom. The molecule has 1 rings (SSSR count). The van der Waals surface area contributed by atoms with E-state index in [0.717, 1.165) is 11.5 Å². The highest BCUT2D eigenvalue weighted by molar-refractivity contribution is 8.30. The first-order chi connectivity index (χ1) is 5.68. The molecular formula is C8H17NO2S. The Kier molecular flexibility index (Phi) is 3.40. The topological polar surface area (TPSA) is 52.3 Å². The van der Waals surface area contributed by atoms with Crippen LogP contribution in [0.25, 0.3) is 0 Å². The summed E-state index contributed by atoms with van der Waals surface area (Å²) in [6.45, 7) is 1.47. The number of nitrogens with two attached hydrogens (primary N) is 1. The number of hydrogen-bond acceptors (Lipinski definition) is 3. The predicted octanol–water partition coefficient (Wildman–Crippen LogP) is 1.37. The van der Waals surface area contributed by atoms with Crippen LogP contribution in [0.15, 0.2) is 0 Å². The lowest BCUT2D eigenvalue weighted by molar-refractivity contribution is -0.131. The fourth-order valence-electron chi connectivity index (χ4n) is 1.54. The average Bonchev–Trinajstić information content (AvgIpc) is 2.05. The molecule has 0 aromatic heterocycles. The van der Waals surface area contributed by atoms with Gasteiger partial charge in [0.05, 0.1) is 5.88 Å². The average molecular weight is 191 g/mol. The van der Waals surface area contributed by atoms with E-state index >= 15 is 0 Å². The molecule has 0 radical (unpaired) electrons. The molecule has 72 valence electrons. The number of carbonyl (C=O) groups is 1. The second kappa shape index (κ2) is 4.14. The molecule has 0 saturated carbocycles. The first kappa shape index (κ1) is 9.86. The van der Waals surface area contributed by atoms with E-state index in [1.54, 1.807) is 0 Å². The van der Waals surface area contributed by atoms with Gasteiger partial charge in [-0.15, -0.1) is 0 Å². The van der Waals surface area contributed by atoms with Crippen LogP contribution in [0.1, 0.15) is 26.2 Å². The largest absolute Gasteiger partial charge is 0.414 e. The summed E-state index contributed by atoms with van der Waals surface area (Å²) >= 11 is 0. The summed E-state index contributed by atoms with van der Waals surface area (Å²) in [5.74, 6) is 2.41. The van der Waals surface area contributed by atoms with Gasteiger partial charge in [-0.25, -0.2) is 0 Å². The molecule has 4 heteroatoms. The van der Waals surface area contributed by atoms with Crippen LogP contribution in [-0.4, -0.2) is 23.4 Å². The Morgan fingerprint density at radius 2 is 2.00 bits per heavy atom. The summed E-state index contributed by atoms with van der Waals surface area (Å²) in [4.78, 5) is 10.8. The summed E-state index contributed by atoms with van der Waals surface area (Å²) in [5.41, 5.74) is 5.65. The van der Waals surface area contributed by atoms with Gasteiger partial charge in [0.2, 0.25) is 0 Å². The van der Waals surface area contributed by atoms with Crippen molar-refractivity contribution in [1.29, 1.82) is 0 Å². The quantitative estimate of drug-likeness (QED) is 0.717. The Bertz CT molecular complexity index is 166. The van der Waals surface area contributed by atoms with Crippen LogP contribution >= 0.6 is 10.3 Å². The minimum atomic E-state index is -1.21. The number of carbonyl (C=O) groups excluding carboxylic acids is 1. The van der Waals surface area contributed by atoms with E-state index in [9.17, 15) is 4.79 Å². The standard InChI is InChI=1S/C8H17NO2S/c1-8(10)11-12(7-9)5-3-2-4-6-12/h2-7,9H2,1H3. The fraction of sp³-hybridized carbons (Fsp3) is 0.875. The number of rotatable bonds is 2. The lowest BCUT2D eigenvalue weighted by Gasteiger charge is -2.40. The lowest BCUT2D eigenvalue weighted by atomic mass is 10.3. The van der Waals surface area contributed by atoms with Gasteiger partial charge in [0.1, 0.15) is 0 Å². The van der Waals surface area contributed by atoms with E-state index in [1.165, 1.54) is 26.2 Å². The van der Waals surface area contributed by atoms with Crippen LogP contribution in [0.2, 0.25) is 0 Å². The van der Waals surface area contributed by atoms with Crippen molar-refractivity contribution < 1.29 is 8.98 Å². The van der Waals surface area contributed by atoms with Crippen molar-refractivity contribution in [3.8, 4) is 0 Å². The predicted molar refractivity (Wildman–Crippen MR) is 52.0 cm³/mol. The molecule has 1 heterocycles. The monoisotopic (exact) mass is 191 g/mol. The third-order valence-corrected chi connectivity index (χ3v) is 5.39. The normalized spacial score (nSPS) is 24.5. The molecule has 1 aliphatic heterocycles. The van der Waals surface area contributed by atoms with Crippen molar-refractivity contribution in [3.63, 3.8) is 0 Å². The summed E-state index contributed by atoms with van der Waals surface area (Å²) in [5, 5.41) is 0. The van der Waals surface area contributed by atoms with Gasteiger partial charge in [-0.1, -0.05) is 16.7 Å². The summed E-state index contributed by atoms with van der Waals surface area (Å²) < 4.78 is 5.35. The highest BCUT2D eigenvalue weighted by atomic mass is 32.3. The minimum absolute atomic E-state index is 0.169. The maximum atomic E-state index is 10.8. The van der Waals surface area contributed by atoms with Gasteiger partial charge in [0, 0.05) is 18.4 Å². The van der Waals surface area contributed by atoms with E-state index < -0.39 is 10.3 Å². The van der Waals surface area contributed by atoms with Gasteiger partial charge in [-0.3, -0.25) is 4.79 Å². The molecule has 0 aliphatic carbocycles. The van der Waals surface area contributed by atoms with Crippen molar-refractivity contribution in [2.75, 3.05) is 17.4 Å². The molecule has 0 spiro atoms. The second-order valence-electron chi connectivity index (χ2n) is 3.18. The minimum Gasteiger partial charge on any atom is -0.414 e. The fourth-order valence-corrected chi connectivity index (χ4v) is 4.27. The summed E-state index contributed by atoms with van der Waals surface area (Å²) in [6.07, 6.45) is 3.59. The van der Waals surface area contributed by atoms with Crippen molar-refractivity contribution in [2.45, 2.75) is 26.2 Å². The van der Waals surface area contributed by atoms with E-state index in [2.05, 4.69) is 0 Å². The summed E-state index contributed by atoms with van der Waals surface area (Å²) in [7, 11) is -1.21. The molecule has 1 saturated heterocycles. The zero-order valence-corrected chi connectivity index (χ0v) is 8.36. The molecule has 1 aliphatic rings. The van der Waals surface area contributed by atoms with Crippen molar-refractivity contribution in [3.05, 3.63) is 0 Å². The van der Waals surface area contributed by atoms with Crippen molar-refractivity contribution in [2.24, 2.45) is 5.73 Å². The van der Waals surface area contributed by atoms with E-state index in [0.29, 0.717) is 5.88 Å². The van der Waals surface area contributed by atoms with Gasteiger partial charge in [-0.2, -0.15) is 0 Å². The smallest absolute Gasteiger partial charge is 0.313 e. The van der Waals surface area contributed by atoms with Crippen LogP contribution in [0.4, 0.5) is 0 Å². The molecule has 0 aromatic carbocycles. The zero-order valence-electron chi connectivity index (χ0n) is 7.54. The molecule has 2 N–H and O–H groups in total. The van der Waals surface area contributed by atoms with E-state index in [1.807, 2.05) is 0 Å². The Hall–Kier alpha value is -0.220. The molecule has 3 nitrogen and oxygen atoms in total. The van der Waals surface area contributed by atoms with Crippen LogP contribution in [-0.2, 0) is 8.98 Å². The third-order valence-electron chi connectivity index (χ3n) is 2.13. The maximum absolute atomic E-state index is 10.8. The van der Waals surface area contributed by atoms with Crippen LogP contribution in [0.3, 0.4) is 0 Å². The highest BCUT2D eigenvalue weighted by Crippen LogP contribution is 2.51. The molecule has 0 unspecified atom stereocenters. The Balaban J connectivity index is 2.53. The van der Waals surface area contributed by atoms with E-state index in [4.69, 9.17) is 9.92 Å². The molecule has 0 bridgehead atoms. The molecule has 0 aromatic rings. The Labute approximate surface area is 75.2 Å². The number of hydrogen-bond donors (Lipinski definition) is 1. The first-order valence-electron chi connectivity index (χ1n) is 4.35. The Morgan fingerprint density at radius 1 is 1.42 bits per heavy atom. The highest BCUT2D eigenvalue weighted by Gasteiger charge is 2.27. The molecule has 1 fully saturated rings. The van der Waals surface area contributed by atoms with Gasteiger partial charge < -0.3 is 9.92 Å². The van der Waals surface area contributed by atoms with Crippen molar-refractivity contribution >= 4 is 16.3 Å². The van der Waals surface area contributed by atoms with Crippen LogP contribution in [0, 0.1) is 0 Å².